The van der Waals surface area contributed by atoms with Crippen LogP contribution in [0.2, 0.25) is 5.02 Å². The molecule has 1 aromatic rings. The Morgan fingerprint density at radius 3 is 2.27 bits per heavy atom. The van der Waals surface area contributed by atoms with E-state index in [2.05, 4.69) is 0 Å². The first-order chi connectivity index (χ1) is 10.6. The Bertz CT molecular complexity index is 576. The van der Waals surface area contributed by atoms with Gasteiger partial charge in [0.25, 0.3) is 5.91 Å². The number of piperazine rings is 1. The molecule has 3 rings (SSSR count). The number of carbonyl (C=O) groups is 2. The van der Waals surface area contributed by atoms with Crippen molar-refractivity contribution in [1.29, 1.82) is 0 Å². The molecule has 1 heterocycles. The molecule has 1 aliphatic heterocycles. The van der Waals surface area contributed by atoms with E-state index in [0.717, 1.165) is 19.3 Å². The summed E-state index contributed by atoms with van der Waals surface area (Å²) in [6, 6.07) is 4.22. The Morgan fingerprint density at radius 2 is 1.73 bits per heavy atom. The van der Waals surface area contributed by atoms with Crippen LogP contribution in [0.25, 0.3) is 0 Å². The van der Waals surface area contributed by atoms with Gasteiger partial charge in [0.15, 0.2) is 0 Å². The molecule has 1 saturated carbocycles. The standard InChI is InChI=1S/C16H18ClFN2O2/c17-12-5-2-6-13(18)14(12)16(22)20-9-7-19(8-10-20)15(21)11-3-1-4-11/h2,5-6,11H,1,3-4,7-10H2. The van der Waals surface area contributed by atoms with Crippen LogP contribution in [0.15, 0.2) is 18.2 Å². The van der Waals surface area contributed by atoms with Gasteiger partial charge in [-0.15, -0.1) is 0 Å². The predicted molar refractivity (Wildman–Crippen MR) is 81.2 cm³/mol. The fourth-order valence-electron chi connectivity index (χ4n) is 2.90. The first-order valence-electron chi connectivity index (χ1n) is 7.60. The lowest BCUT2D eigenvalue weighted by atomic mass is 9.84. The van der Waals surface area contributed by atoms with Crippen LogP contribution in [0.3, 0.4) is 0 Å². The third kappa shape index (κ3) is 2.82. The van der Waals surface area contributed by atoms with Crippen molar-refractivity contribution in [3.05, 3.63) is 34.6 Å². The zero-order chi connectivity index (χ0) is 15.7. The van der Waals surface area contributed by atoms with Crippen LogP contribution in [0.5, 0.6) is 0 Å². The topological polar surface area (TPSA) is 40.6 Å². The van der Waals surface area contributed by atoms with Gasteiger partial charge in [-0.2, -0.15) is 0 Å². The van der Waals surface area contributed by atoms with Crippen molar-refractivity contribution in [2.45, 2.75) is 19.3 Å². The number of hydrogen-bond acceptors (Lipinski definition) is 2. The number of halogens is 2. The van der Waals surface area contributed by atoms with E-state index >= 15 is 0 Å². The predicted octanol–water partition coefficient (Wildman–Crippen LogP) is 2.56. The molecule has 22 heavy (non-hydrogen) atoms. The van der Waals surface area contributed by atoms with E-state index in [9.17, 15) is 14.0 Å². The molecule has 6 heteroatoms. The highest BCUT2D eigenvalue weighted by atomic mass is 35.5. The summed E-state index contributed by atoms with van der Waals surface area (Å²) >= 11 is 5.94. The van der Waals surface area contributed by atoms with Gasteiger partial charge in [0, 0.05) is 32.1 Å². The Morgan fingerprint density at radius 1 is 1.09 bits per heavy atom. The minimum absolute atomic E-state index is 0.0806. The quantitative estimate of drug-likeness (QED) is 0.839. The van der Waals surface area contributed by atoms with E-state index < -0.39 is 11.7 Å². The van der Waals surface area contributed by atoms with Gasteiger partial charge in [0.05, 0.1) is 10.6 Å². The molecule has 118 valence electrons. The van der Waals surface area contributed by atoms with Gasteiger partial charge in [-0.05, 0) is 25.0 Å². The summed E-state index contributed by atoms with van der Waals surface area (Å²) in [5.41, 5.74) is -0.0806. The molecule has 0 aromatic heterocycles. The minimum Gasteiger partial charge on any atom is -0.339 e. The average Bonchev–Trinajstić information content (AvgIpc) is 2.45. The molecule has 1 aromatic carbocycles. The lowest BCUT2D eigenvalue weighted by Gasteiger charge is -2.38. The van der Waals surface area contributed by atoms with Crippen LogP contribution in [0, 0.1) is 11.7 Å². The first-order valence-corrected chi connectivity index (χ1v) is 7.98. The molecule has 1 aliphatic carbocycles. The second kappa shape index (κ2) is 6.24. The molecule has 2 amide bonds. The van der Waals surface area contributed by atoms with Crippen molar-refractivity contribution in [2.24, 2.45) is 5.92 Å². The van der Waals surface area contributed by atoms with E-state index in [1.54, 1.807) is 4.90 Å². The van der Waals surface area contributed by atoms with Crippen molar-refractivity contribution < 1.29 is 14.0 Å². The monoisotopic (exact) mass is 324 g/mol. The Balaban J connectivity index is 1.63. The highest BCUT2D eigenvalue weighted by Crippen LogP contribution is 2.29. The minimum atomic E-state index is -0.606. The van der Waals surface area contributed by atoms with Crippen LogP contribution in [0.4, 0.5) is 4.39 Å². The number of amides is 2. The van der Waals surface area contributed by atoms with Crippen LogP contribution in [0.1, 0.15) is 29.6 Å². The van der Waals surface area contributed by atoms with Crippen LogP contribution in [-0.4, -0.2) is 47.8 Å². The molecule has 1 saturated heterocycles. The molecular weight excluding hydrogens is 307 g/mol. The lowest BCUT2D eigenvalue weighted by molar-refractivity contribution is -0.139. The molecular formula is C16H18ClFN2O2. The van der Waals surface area contributed by atoms with Crippen molar-refractivity contribution in [2.75, 3.05) is 26.2 Å². The van der Waals surface area contributed by atoms with E-state index in [4.69, 9.17) is 11.6 Å². The zero-order valence-electron chi connectivity index (χ0n) is 12.2. The van der Waals surface area contributed by atoms with Gasteiger partial charge in [-0.25, -0.2) is 4.39 Å². The van der Waals surface area contributed by atoms with Crippen molar-refractivity contribution >= 4 is 23.4 Å². The van der Waals surface area contributed by atoms with Crippen LogP contribution in [-0.2, 0) is 4.79 Å². The summed E-state index contributed by atoms with van der Waals surface area (Å²) in [5.74, 6) is -0.644. The van der Waals surface area contributed by atoms with Crippen molar-refractivity contribution in [3.8, 4) is 0 Å². The largest absolute Gasteiger partial charge is 0.339 e. The third-order valence-corrected chi connectivity index (χ3v) is 4.82. The number of hydrogen-bond donors (Lipinski definition) is 0. The molecule has 0 unspecified atom stereocenters. The summed E-state index contributed by atoms with van der Waals surface area (Å²) in [4.78, 5) is 28.0. The lowest BCUT2D eigenvalue weighted by Crippen LogP contribution is -2.52. The van der Waals surface area contributed by atoms with E-state index in [1.807, 2.05) is 4.90 Å². The molecule has 2 fully saturated rings. The van der Waals surface area contributed by atoms with Gasteiger partial charge in [0.2, 0.25) is 5.91 Å². The normalized spacial score (nSPS) is 19.0. The van der Waals surface area contributed by atoms with Crippen LogP contribution >= 0.6 is 11.6 Å². The third-order valence-electron chi connectivity index (χ3n) is 4.51. The van der Waals surface area contributed by atoms with Gasteiger partial charge >= 0.3 is 0 Å². The van der Waals surface area contributed by atoms with Gasteiger partial charge in [-0.3, -0.25) is 9.59 Å². The maximum Gasteiger partial charge on any atom is 0.258 e. The summed E-state index contributed by atoms with van der Waals surface area (Å²) < 4.78 is 13.8. The molecule has 2 aliphatic rings. The number of rotatable bonds is 2. The molecule has 4 nitrogen and oxygen atoms in total. The molecule has 0 bridgehead atoms. The summed E-state index contributed by atoms with van der Waals surface area (Å²) in [7, 11) is 0. The second-order valence-corrected chi connectivity index (χ2v) is 6.25. The molecule has 0 N–H and O–H groups in total. The van der Waals surface area contributed by atoms with Crippen molar-refractivity contribution in [3.63, 3.8) is 0 Å². The van der Waals surface area contributed by atoms with Crippen LogP contribution < -0.4 is 0 Å². The second-order valence-electron chi connectivity index (χ2n) is 5.84. The molecule has 0 spiro atoms. The first kappa shape index (κ1) is 15.3. The zero-order valence-corrected chi connectivity index (χ0v) is 13.0. The molecule has 0 atom stereocenters. The van der Waals surface area contributed by atoms with E-state index in [0.29, 0.717) is 26.2 Å². The average molecular weight is 325 g/mol. The fourth-order valence-corrected chi connectivity index (χ4v) is 3.15. The highest BCUT2D eigenvalue weighted by Gasteiger charge is 2.32. The Hall–Kier alpha value is -1.62. The van der Waals surface area contributed by atoms with E-state index in [-0.39, 0.29) is 22.4 Å². The SMILES string of the molecule is O=C(c1c(F)cccc1Cl)N1CCN(C(=O)C2CCC2)CC1. The van der Waals surface area contributed by atoms with Gasteiger partial charge < -0.3 is 9.80 Å². The van der Waals surface area contributed by atoms with Gasteiger partial charge in [-0.1, -0.05) is 24.1 Å². The maximum atomic E-state index is 13.8. The Labute approximate surface area is 133 Å². The number of nitrogens with zero attached hydrogens (tertiary/aromatic N) is 2. The summed E-state index contributed by atoms with van der Waals surface area (Å²) in [6.07, 6.45) is 3.08. The highest BCUT2D eigenvalue weighted by molar-refractivity contribution is 6.33. The van der Waals surface area contributed by atoms with Gasteiger partial charge in [0.1, 0.15) is 5.82 Å². The summed E-state index contributed by atoms with van der Waals surface area (Å²) in [6.45, 7) is 1.85. The maximum absolute atomic E-state index is 13.8. The molecule has 0 radical (unpaired) electrons. The smallest absolute Gasteiger partial charge is 0.258 e. The van der Waals surface area contributed by atoms with E-state index in [1.165, 1.54) is 18.2 Å². The number of benzene rings is 1. The summed E-state index contributed by atoms with van der Waals surface area (Å²) in [5, 5.41) is 0.123. The fraction of sp³-hybridized carbons (Fsp3) is 0.500. The number of carbonyl (C=O) groups excluding carboxylic acids is 2. The van der Waals surface area contributed by atoms with Crippen molar-refractivity contribution in [1.82, 2.24) is 9.80 Å². The Kier molecular flexibility index (Phi) is 4.34.